The molecule has 0 aromatic heterocycles. The molecule has 0 saturated heterocycles. The highest BCUT2D eigenvalue weighted by Crippen LogP contribution is 2.65. The Balaban J connectivity index is 2.99. The minimum Gasteiger partial charge on any atom is -0.388 e. The van der Waals surface area contributed by atoms with Gasteiger partial charge in [-0.15, -0.1) is 12.3 Å². The number of halogens is 5. The molecule has 0 aromatic carbocycles. The van der Waals surface area contributed by atoms with Gasteiger partial charge in [-0.2, -0.15) is 13.2 Å². The molecule has 0 heterocycles. The van der Waals surface area contributed by atoms with E-state index in [1.54, 1.807) is 13.8 Å². The van der Waals surface area contributed by atoms with Crippen molar-refractivity contribution in [3.63, 3.8) is 0 Å². The Kier molecular flexibility index (Phi) is 4.71. The lowest BCUT2D eigenvalue weighted by Crippen LogP contribution is -2.35. The van der Waals surface area contributed by atoms with E-state index in [0.29, 0.717) is 0 Å². The number of alkyl halides is 4. The van der Waals surface area contributed by atoms with Crippen molar-refractivity contribution in [1.82, 2.24) is 0 Å². The lowest BCUT2D eigenvalue weighted by atomic mass is 9.91. The van der Waals surface area contributed by atoms with Gasteiger partial charge in [0.05, 0.1) is 5.60 Å². The van der Waals surface area contributed by atoms with Gasteiger partial charge in [0.2, 0.25) is 0 Å². The van der Waals surface area contributed by atoms with Crippen molar-refractivity contribution < 1.29 is 18.3 Å². The molecule has 1 unspecified atom stereocenters. The Labute approximate surface area is 124 Å². The van der Waals surface area contributed by atoms with E-state index < -0.39 is 28.1 Å². The highest BCUT2D eigenvalue weighted by molar-refractivity contribution is 9.09. The molecule has 0 spiro atoms. The molecule has 1 aliphatic carbocycles. The van der Waals surface area contributed by atoms with Gasteiger partial charge in [0.15, 0.2) is 0 Å². The monoisotopic (exact) mass is 358 g/mol. The first kappa shape index (κ1) is 16.9. The smallest absolute Gasteiger partial charge is 0.388 e. The molecule has 1 N–H and O–H groups in total. The van der Waals surface area contributed by atoms with Gasteiger partial charge >= 0.3 is 6.18 Å². The van der Waals surface area contributed by atoms with Gasteiger partial charge in [0, 0.05) is 17.7 Å². The summed E-state index contributed by atoms with van der Waals surface area (Å²) in [5.41, 5.74) is -1.69. The summed E-state index contributed by atoms with van der Waals surface area (Å²) in [6.07, 6.45) is 1.72. The van der Waals surface area contributed by atoms with Crippen LogP contribution in [0, 0.1) is 29.6 Å². The van der Waals surface area contributed by atoms with Gasteiger partial charge in [-0.3, -0.25) is 0 Å². The maximum atomic E-state index is 12.4. The van der Waals surface area contributed by atoms with Gasteiger partial charge in [0.1, 0.15) is 5.03 Å². The van der Waals surface area contributed by atoms with E-state index in [-0.39, 0.29) is 17.7 Å². The van der Waals surface area contributed by atoms with Gasteiger partial charge in [-0.25, -0.2) is 0 Å². The summed E-state index contributed by atoms with van der Waals surface area (Å²) in [6, 6.07) is 0. The van der Waals surface area contributed by atoms with E-state index in [0.717, 1.165) is 6.08 Å². The van der Waals surface area contributed by atoms with Gasteiger partial charge in [0.25, 0.3) is 0 Å². The first-order valence-electron chi connectivity index (χ1n) is 5.67. The third-order valence-corrected chi connectivity index (χ3v) is 5.04. The van der Waals surface area contributed by atoms with Crippen LogP contribution in [-0.2, 0) is 0 Å². The molecule has 0 amide bonds. The Morgan fingerprint density at radius 1 is 1.53 bits per heavy atom. The second kappa shape index (κ2) is 5.31. The van der Waals surface area contributed by atoms with Crippen molar-refractivity contribution in [1.29, 1.82) is 0 Å². The van der Waals surface area contributed by atoms with Crippen LogP contribution in [-0.4, -0.2) is 22.2 Å². The first-order valence-corrected chi connectivity index (χ1v) is 7.17. The van der Waals surface area contributed by atoms with Crippen LogP contribution in [0.2, 0.25) is 0 Å². The zero-order chi connectivity index (χ0) is 15.1. The molecule has 0 radical (unpaired) electrons. The van der Waals surface area contributed by atoms with Crippen LogP contribution in [0.15, 0.2) is 11.1 Å². The van der Waals surface area contributed by atoms with Crippen molar-refractivity contribution in [3.8, 4) is 12.3 Å². The summed E-state index contributed by atoms with van der Waals surface area (Å²) in [7, 11) is 0. The molecule has 0 bridgehead atoms. The maximum absolute atomic E-state index is 12.4. The van der Waals surface area contributed by atoms with Crippen LogP contribution in [0.1, 0.15) is 20.3 Å². The van der Waals surface area contributed by atoms with Crippen LogP contribution in [0.3, 0.4) is 0 Å². The van der Waals surface area contributed by atoms with E-state index in [4.69, 9.17) is 18.0 Å². The second-order valence-electron chi connectivity index (χ2n) is 5.46. The molecule has 19 heavy (non-hydrogen) atoms. The van der Waals surface area contributed by atoms with Crippen LogP contribution in [0.25, 0.3) is 0 Å². The maximum Gasteiger partial charge on any atom is 0.426 e. The second-order valence-corrected chi connectivity index (χ2v) is 6.42. The lowest BCUT2D eigenvalue weighted by molar-refractivity contribution is -0.0849. The Bertz CT molecular complexity index is 425. The molecular weight excluding hydrogens is 344 g/mol. The molecule has 3 atom stereocenters. The molecule has 1 fully saturated rings. The number of rotatable bonds is 4. The summed E-state index contributed by atoms with van der Waals surface area (Å²) in [5.74, 6) is 1.56. The molecule has 108 valence electrons. The van der Waals surface area contributed by atoms with E-state index in [1.807, 2.05) is 0 Å². The quantitative estimate of drug-likeness (QED) is 0.592. The largest absolute Gasteiger partial charge is 0.426 e. The van der Waals surface area contributed by atoms with E-state index in [9.17, 15) is 18.3 Å². The number of terminal acetylenes is 1. The SMILES string of the molecule is C#CCC(O)(CBr)[C@H]1[C@@H](/C=C(\Cl)C(F)(F)F)C1(C)C. The third-order valence-electron chi connectivity index (χ3n) is 3.73. The molecule has 1 saturated carbocycles. The summed E-state index contributed by atoms with van der Waals surface area (Å²) in [5, 5.41) is 9.51. The fourth-order valence-corrected chi connectivity index (χ4v) is 3.37. The Hall–Kier alpha value is -0.180. The van der Waals surface area contributed by atoms with Crippen LogP contribution in [0.4, 0.5) is 13.2 Å². The predicted molar refractivity (Wildman–Crippen MR) is 72.9 cm³/mol. The van der Waals surface area contributed by atoms with Crippen molar-refractivity contribution in [3.05, 3.63) is 11.1 Å². The third kappa shape index (κ3) is 3.29. The average Bonchev–Trinajstić information content (AvgIpc) is 2.80. The van der Waals surface area contributed by atoms with E-state index in [2.05, 4.69) is 21.9 Å². The van der Waals surface area contributed by atoms with Crippen molar-refractivity contribution >= 4 is 27.5 Å². The lowest BCUT2D eigenvalue weighted by Gasteiger charge is -2.25. The number of hydrogen-bond donors (Lipinski definition) is 1. The predicted octanol–water partition coefficient (Wildman–Crippen LogP) is 4.09. The summed E-state index contributed by atoms with van der Waals surface area (Å²) in [6.45, 7) is 3.59. The Morgan fingerprint density at radius 3 is 2.42 bits per heavy atom. The fraction of sp³-hybridized carbons (Fsp3) is 0.692. The molecule has 0 aromatic rings. The zero-order valence-electron chi connectivity index (χ0n) is 10.6. The molecule has 1 aliphatic rings. The van der Waals surface area contributed by atoms with Crippen molar-refractivity contribution in [2.45, 2.75) is 32.0 Å². The number of allylic oxidation sites excluding steroid dienone is 2. The van der Waals surface area contributed by atoms with Crippen molar-refractivity contribution in [2.24, 2.45) is 17.3 Å². The fourth-order valence-electron chi connectivity index (χ4n) is 2.68. The van der Waals surface area contributed by atoms with Gasteiger partial charge in [-0.1, -0.05) is 47.5 Å². The molecule has 0 aliphatic heterocycles. The summed E-state index contributed by atoms with van der Waals surface area (Å²) in [4.78, 5) is 0. The number of aliphatic hydroxyl groups is 1. The Morgan fingerprint density at radius 2 is 2.05 bits per heavy atom. The van der Waals surface area contributed by atoms with Crippen LogP contribution in [0.5, 0.6) is 0 Å². The normalized spacial score (nSPS) is 29.5. The van der Waals surface area contributed by atoms with E-state index >= 15 is 0 Å². The highest BCUT2D eigenvalue weighted by atomic mass is 79.9. The minimum absolute atomic E-state index is 0.0837. The van der Waals surface area contributed by atoms with Crippen molar-refractivity contribution in [2.75, 3.05) is 5.33 Å². The van der Waals surface area contributed by atoms with Gasteiger partial charge in [-0.05, 0) is 11.3 Å². The summed E-state index contributed by atoms with van der Waals surface area (Å²) >= 11 is 8.43. The topological polar surface area (TPSA) is 20.2 Å². The zero-order valence-corrected chi connectivity index (χ0v) is 12.9. The van der Waals surface area contributed by atoms with E-state index in [1.165, 1.54) is 0 Å². The van der Waals surface area contributed by atoms with Crippen LogP contribution < -0.4 is 0 Å². The van der Waals surface area contributed by atoms with Crippen LogP contribution >= 0.6 is 27.5 Å². The standard InChI is InChI=1S/C13H15BrClF3O/c1-4-5-12(19,7-14)10-8(11(10,2)3)6-9(15)13(16,17)18/h1,6,8,10,19H,5,7H2,2-3H3/b9-6-/t8-,10+,12?/m1/s1. The minimum atomic E-state index is -4.55. The average molecular weight is 360 g/mol. The molecule has 1 rings (SSSR count). The first-order chi connectivity index (χ1) is 8.50. The number of hydrogen-bond acceptors (Lipinski definition) is 1. The molecule has 1 nitrogen and oxygen atoms in total. The molecule has 6 heteroatoms. The summed E-state index contributed by atoms with van der Waals surface area (Å²) < 4.78 is 37.3. The highest BCUT2D eigenvalue weighted by Gasteiger charge is 2.65. The van der Waals surface area contributed by atoms with Gasteiger partial charge < -0.3 is 5.11 Å². The molecular formula is C13H15BrClF3O.